The van der Waals surface area contributed by atoms with Gasteiger partial charge in [-0.1, -0.05) is 24.6 Å². The Balaban J connectivity index is 2.24. The largest absolute Gasteiger partial charge is 0.493 e. The molecule has 2 aromatic rings. The minimum absolute atomic E-state index is 0.233. The lowest BCUT2D eigenvalue weighted by molar-refractivity contribution is 0.0961. The molecule has 0 bridgehead atoms. The van der Waals surface area contributed by atoms with Crippen molar-refractivity contribution in [2.45, 2.75) is 13.3 Å². The van der Waals surface area contributed by atoms with Crippen LogP contribution in [0.3, 0.4) is 0 Å². The third-order valence-corrected chi connectivity index (χ3v) is 3.83. The van der Waals surface area contributed by atoms with Gasteiger partial charge in [0.15, 0.2) is 11.5 Å². The summed E-state index contributed by atoms with van der Waals surface area (Å²) in [6.07, 6.45) is 0.823. The van der Waals surface area contributed by atoms with E-state index in [0.29, 0.717) is 39.9 Å². The SMILES string of the molecule is CCCOc1c(Cl)cc(C(=O)Nc2cccc(C(=O)NC)c2)cc1OC. The van der Waals surface area contributed by atoms with Gasteiger partial charge in [-0.2, -0.15) is 0 Å². The molecule has 0 unspecified atom stereocenters. The van der Waals surface area contributed by atoms with E-state index >= 15 is 0 Å². The number of hydrogen-bond donors (Lipinski definition) is 2. The lowest BCUT2D eigenvalue weighted by atomic mass is 10.1. The zero-order chi connectivity index (χ0) is 19.1. The third-order valence-electron chi connectivity index (χ3n) is 3.55. The van der Waals surface area contributed by atoms with E-state index in [2.05, 4.69) is 10.6 Å². The fourth-order valence-electron chi connectivity index (χ4n) is 2.28. The van der Waals surface area contributed by atoms with E-state index < -0.39 is 0 Å². The third kappa shape index (κ3) is 4.67. The maximum absolute atomic E-state index is 12.5. The molecule has 0 saturated carbocycles. The van der Waals surface area contributed by atoms with E-state index in [1.807, 2.05) is 6.92 Å². The number of rotatable bonds is 7. The number of benzene rings is 2. The summed E-state index contributed by atoms with van der Waals surface area (Å²) in [6.45, 7) is 2.48. The molecule has 0 aliphatic carbocycles. The van der Waals surface area contributed by atoms with E-state index in [0.717, 1.165) is 6.42 Å². The van der Waals surface area contributed by atoms with Crippen molar-refractivity contribution in [1.82, 2.24) is 5.32 Å². The predicted octanol–water partition coefficient (Wildman–Crippen LogP) is 3.75. The van der Waals surface area contributed by atoms with Crippen LogP contribution in [-0.2, 0) is 0 Å². The van der Waals surface area contributed by atoms with Crippen molar-refractivity contribution in [3.05, 3.63) is 52.5 Å². The molecule has 0 aromatic heterocycles. The first-order valence-electron chi connectivity index (χ1n) is 8.14. The molecule has 0 atom stereocenters. The van der Waals surface area contributed by atoms with Crippen molar-refractivity contribution in [3.8, 4) is 11.5 Å². The van der Waals surface area contributed by atoms with Gasteiger partial charge in [-0.25, -0.2) is 0 Å². The molecule has 0 aliphatic rings. The molecule has 6 nitrogen and oxygen atoms in total. The number of anilines is 1. The van der Waals surface area contributed by atoms with E-state index in [1.165, 1.54) is 13.2 Å². The van der Waals surface area contributed by atoms with Crippen LogP contribution in [0.2, 0.25) is 5.02 Å². The van der Waals surface area contributed by atoms with Gasteiger partial charge in [0.25, 0.3) is 11.8 Å². The maximum Gasteiger partial charge on any atom is 0.255 e. The van der Waals surface area contributed by atoms with Crippen LogP contribution in [0.25, 0.3) is 0 Å². The molecule has 0 saturated heterocycles. The van der Waals surface area contributed by atoms with E-state index in [4.69, 9.17) is 21.1 Å². The molecule has 0 radical (unpaired) electrons. The van der Waals surface area contributed by atoms with Crippen LogP contribution in [0.15, 0.2) is 36.4 Å². The first-order chi connectivity index (χ1) is 12.5. The molecule has 26 heavy (non-hydrogen) atoms. The second-order valence-corrected chi connectivity index (χ2v) is 5.86. The number of carbonyl (C=O) groups is 2. The second kappa shape index (κ2) is 9.10. The second-order valence-electron chi connectivity index (χ2n) is 5.45. The van der Waals surface area contributed by atoms with E-state index in [9.17, 15) is 9.59 Å². The molecule has 7 heteroatoms. The Hall–Kier alpha value is -2.73. The zero-order valence-electron chi connectivity index (χ0n) is 14.9. The Labute approximate surface area is 157 Å². The lowest BCUT2D eigenvalue weighted by Crippen LogP contribution is -2.18. The Morgan fingerprint density at radius 2 is 1.88 bits per heavy atom. The summed E-state index contributed by atoms with van der Waals surface area (Å²) in [4.78, 5) is 24.2. The van der Waals surface area contributed by atoms with Crippen LogP contribution in [0.1, 0.15) is 34.1 Å². The first-order valence-corrected chi connectivity index (χ1v) is 8.51. The fraction of sp³-hybridized carbons (Fsp3) is 0.263. The van der Waals surface area contributed by atoms with E-state index in [-0.39, 0.29) is 11.8 Å². The average Bonchev–Trinajstić information content (AvgIpc) is 2.65. The molecule has 0 spiro atoms. The highest BCUT2D eigenvalue weighted by Crippen LogP contribution is 2.36. The quantitative estimate of drug-likeness (QED) is 0.771. The van der Waals surface area contributed by atoms with Crippen molar-refractivity contribution in [2.75, 3.05) is 26.1 Å². The summed E-state index contributed by atoms with van der Waals surface area (Å²) in [5.74, 6) is 0.189. The van der Waals surface area contributed by atoms with Gasteiger partial charge in [0.05, 0.1) is 18.7 Å². The molecule has 2 rings (SSSR count). The summed E-state index contributed by atoms with van der Waals surface area (Å²) in [6, 6.07) is 9.72. The van der Waals surface area contributed by atoms with Crippen LogP contribution < -0.4 is 20.1 Å². The van der Waals surface area contributed by atoms with Crippen molar-refractivity contribution >= 4 is 29.1 Å². The molecule has 2 N–H and O–H groups in total. The van der Waals surface area contributed by atoms with Gasteiger partial charge in [-0.05, 0) is 36.8 Å². The van der Waals surface area contributed by atoms with E-state index in [1.54, 1.807) is 37.4 Å². The molecule has 0 heterocycles. The molecule has 0 fully saturated rings. The minimum Gasteiger partial charge on any atom is -0.493 e. The molecule has 138 valence electrons. The van der Waals surface area contributed by atoms with Crippen molar-refractivity contribution in [3.63, 3.8) is 0 Å². The van der Waals surface area contributed by atoms with Gasteiger partial charge in [0, 0.05) is 23.9 Å². The maximum atomic E-state index is 12.5. The standard InChI is InChI=1S/C19H21ClN2O4/c1-4-8-26-17-15(20)10-13(11-16(17)25-3)19(24)22-14-7-5-6-12(9-14)18(23)21-2/h5-7,9-11H,4,8H2,1-3H3,(H,21,23)(H,22,24). The summed E-state index contributed by atoms with van der Waals surface area (Å²) >= 11 is 6.24. The fourth-order valence-corrected chi connectivity index (χ4v) is 2.55. The lowest BCUT2D eigenvalue weighted by Gasteiger charge is -2.14. The topological polar surface area (TPSA) is 76.7 Å². The van der Waals surface area contributed by atoms with Crippen LogP contribution in [0.5, 0.6) is 11.5 Å². The van der Waals surface area contributed by atoms with Crippen LogP contribution in [0, 0.1) is 0 Å². The summed E-state index contributed by atoms with van der Waals surface area (Å²) in [5, 5.41) is 5.58. The van der Waals surface area contributed by atoms with Crippen LogP contribution in [-0.4, -0.2) is 32.6 Å². The Morgan fingerprint density at radius 3 is 2.54 bits per heavy atom. The number of ether oxygens (including phenoxy) is 2. The van der Waals surface area contributed by atoms with Crippen LogP contribution in [0.4, 0.5) is 5.69 Å². The van der Waals surface area contributed by atoms with Crippen LogP contribution >= 0.6 is 11.6 Å². The average molecular weight is 377 g/mol. The first kappa shape index (κ1) is 19.6. The Bertz CT molecular complexity index is 808. The van der Waals surface area contributed by atoms with Gasteiger partial charge >= 0.3 is 0 Å². The molecule has 2 aromatic carbocycles. The van der Waals surface area contributed by atoms with Gasteiger partial charge in [0.1, 0.15) is 0 Å². The van der Waals surface area contributed by atoms with Crippen molar-refractivity contribution in [2.24, 2.45) is 0 Å². The van der Waals surface area contributed by atoms with Gasteiger partial charge in [-0.3, -0.25) is 9.59 Å². The number of amides is 2. The van der Waals surface area contributed by atoms with Gasteiger partial charge in [0.2, 0.25) is 0 Å². The summed E-state index contributed by atoms with van der Waals surface area (Å²) in [7, 11) is 3.03. The zero-order valence-corrected chi connectivity index (χ0v) is 15.6. The highest BCUT2D eigenvalue weighted by atomic mass is 35.5. The smallest absolute Gasteiger partial charge is 0.255 e. The summed E-state index contributed by atoms with van der Waals surface area (Å²) in [5.41, 5.74) is 1.27. The number of halogens is 1. The monoisotopic (exact) mass is 376 g/mol. The molecular weight excluding hydrogens is 356 g/mol. The summed E-state index contributed by atoms with van der Waals surface area (Å²) < 4.78 is 10.9. The number of hydrogen-bond acceptors (Lipinski definition) is 4. The highest BCUT2D eigenvalue weighted by Gasteiger charge is 2.16. The predicted molar refractivity (Wildman–Crippen MR) is 102 cm³/mol. The minimum atomic E-state index is -0.374. The van der Waals surface area contributed by atoms with Gasteiger partial charge in [-0.15, -0.1) is 0 Å². The Morgan fingerprint density at radius 1 is 1.12 bits per heavy atom. The van der Waals surface area contributed by atoms with Crippen molar-refractivity contribution in [1.29, 1.82) is 0 Å². The molecule has 0 aliphatic heterocycles. The highest BCUT2D eigenvalue weighted by molar-refractivity contribution is 6.32. The number of nitrogens with one attached hydrogen (secondary N) is 2. The van der Waals surface area contributed by atoms with Crippen molar-refractivity contribution < 1.29 is 19.1 Å². The molecular formula is C19H21ClN2O4. The molecule has 2 amide bonds. The number of carbonyl (C=O) groups excluding carboxylic acids is 2. The normalized spacial score (nSPS) is 10.2. The van der Waals surface area contributed by atoms with Gasteiger partial charge < -0.3 is 20.1 Å². The Kier molecular flexibility index (Phi) is 6.86. The number of methoxy groups -OCH3 is 1.